The quantitative estimate of drug-likeness (QED) is 0.00735. The van der Waals surface area contributed by atoms with Crippen LogP contribution in [-0.4, -0.2) is 103 Å². The Labute approximate surface area is 354 Å². The van der Waals surface area contributed by atoms with Crippen LogP contribution in [-0.2, 0) is 52.4 Å². The topological polar surface area (TPSA) is 371 Å². The Morgan fingerprint density at radius 3 is 2.67 bits per heavy atom. The van der Waals surface area contributed by atoms with Crippen molar-refractivity contribution in [2.45, 2.75) is 50.7 Å². The van der Waals surface area contributed by atoms with Gasteiger partial charge in [0.2, 0.25) is 11.9 Å². The van der Waals surface area contributed by atoms with Gasteiger partial charge in [0.25, 0.3) is 5.56 Å². The Hall–Kier alpha value is -3.76. The summed E-state index contributed by atoms with van der Waals surface area (Å²) >= 11 is 0. The number of H-pyrrole nitrogens is 1. The number of anilines is 1. The van der Waals surface area contributed by atoms with E-state index in [0.29, 0.717) is 25.4 Å². The second-order valence-corrected chi connectivity index (χ2v) is 19.4. The first-order valence-electron chi connectivity index (χ1n) is 17.8. The van der Waals surface area contributed by atoms with Crippen molar-refractivity contribution in [1.29, 1.82) is 0 Å². The minimum atomic E-state index is -5.88. The number of carbonyl (C=O) groups excluding carboxylic acids is 2. The number of aromatic nitrogens is 3. The molecule has 1 aliphatic heterocycles. The normalized spacial score (nSPS) is 18.3. The fraction of sp³-hybridized carbons (Fsp3) is 0.484. The lowest BCUT2D eigenvalue weighted by molar-refractivity contribution is -0.121. The van der Waals surface area contributed by atoms with E-state index in [2.05, 4.69) is 51.1 Å². The highest BCUT2D eigenvalue weighted by molar-refractivity contribution is 8.76. The van der Waals surface area contributed by atoms with Gasteiger partial charge in [0.1, 0.15) is 24.4 Å². The first-order chi connectivity index (χ1) is 28.9. The van der Waals surface area contributed by atoms with Crippen LogP contribution in [0.1, 0.15) is 53.4 Å². The van der Waals surface area contributed by atoms with Gasteiger partial charge in [0.15, 0.2) is 5.65 Å². The van der Waals surface area contributed by atoms with Gasteiger partial charge in [0, 0.05) is 42.9 Å². The summed E-state index contributed by atoms with van der Waals surface area (Å²) in [5.74, 6) is 5.62. The molecule has 1 aliphatic rings. The molecular formula is C31H42N9O16P3S2. The highest BCUT2D eigenvalue weighted by atomic mass is 33.1. The molecule has 0 bridgehead atoms. The smallest absolute Gasteiger partial charge is 0.456 e. The van der Waals surface area contributed by atoms with Gasteiger partial charge in [-0.1, -0.05) is 56.7 Å². The highest BCUT2D eigenvalue weighted by Gasteiger charge is 2.44. The van der Waals surface area contributed by atoms with Crippen LogP contribution < -0.4 is 21.9 Å². The van der Waals surface area contributed by atoms with E-state index >= 15 is 0 Å². The summed E-state index contributed by atoms with van der Waals surface area (Å²) in [6.45, 7) is 0.105. The van der Waals surface area contributed by atoms with Gasteiger partial charge in [-0.25, -0.2) is 18.5 Å². The summed E-state index contributed by atoms with van der Waals surface area (Å²) in [5.41, 5.74) is 14.3. The van der Waals surface area contributed by atoms with E-state index in [1.807, 2.05) is 7.05 Å². The molecule has 3 aromatic rings. The first kappa shape index (κ1) is 49.9. The minimum Gasteiger partial charge on any atom is -0.456 e. The molecule has 0 aliphatic carbocycles. The molecule has 1 saturated heterocycles. The molecule has 3 unspecified atom stereocenters. The van der Waals surface area contributed by atoms with Gasteiger partial charge < -0.3 is 54.7 Å². The Bertz CT molecular complexity index is 2330. The highest BCUT2D eigenvalue weighted by Crippen LogP contribution is 2.66. The third-order valence-corrected chi connectivity index (χ3v) is 13.9. The average molecular weight is 954 g/mol. The predicted molar refractivity (Wildman–Crippen MR) is 220 cm³/mol. The van der Waals surface area contributed by atoms with E-state index < -0.39 is 60.0 Å². The monoisotopic (exact) mass is 953 g/mol. The van der Waals surface area contributed by atoms with E-state index in [1.165, 1.54) is 29.0 Å². The SMILES string of the molecule is CNCCSSCOCCCCC(=O)NCC#Cc1cn([C@H]2CC(OC(=O)c3ccccc3CN=[N+]=[N-])[C@@H](COP(=O)(O)OP(=O)(O)OP(=O)(O)O)O2)c2nc(N)[nH]c(=O)c12. The van der Waals surface area contributed by atoms with Crippen LogP contribution in [0.4, 0.5) is 5.95 Å². The number of phosphoric acid groups is 3. The molecule has 1 aromatic carbocycles. The molecule has 2 aromatic heterocycles. The number of esters is 1. The molecule has 61 heavy (non-hydrogen) atoms. The maximum absolute atomic E-state index is 13.5. The van der Waals surface area contributed by atoms with Crippen molar-refractivity contribution in [2.24, 2.45) is 5.11 Å². The van der Waals surface area contributed by atoms with Gasteiger partial charge in [0.05, 0.1) is 36.2 Å². The van der Waals surface area contributed by atoms with Crippen LogP contribution in [0.3, 0.4) is 0 Å². The number of phosphoric ester groups is 1. The fourth-order valence-corrected chi connectivity index (χ4v) is 10.2. The lowest BCUT2D eigenvalue weighted by Gasteiger charge is -2.21. The number of unbranched alkanes of at least 4 members (excludes halogenated alkanes) is 1. The number of fused-ring (bicyclic) bond motifs is 1. The van der Waals surface area contributed by atoms with E-state index in [-0.39, 0.29) is 65.5 Å². The number of nitrogens with zero attached hydrogens (tertiary/aromatic N) is 5. The average Bonchev–Trinajstić information content (AvgIpc) is 3.75. The van der Waals surface area contributed by atoms with E-state index in [9.17, 15) is 37.9 Å². The second-order valence-electron chi connectivity index (χ2n) is 12.4. The van der Waals surface area contributed by atoms with Crippen molar-refractivity contribution in [3.05, 3.63) is 67.9 Å². The van der Waals surface area contributed by atoms with Crippen LogP contribution in [0.25, 0.3) is 21.5 Å². The molecule has 0 spiro atoms. The molecule has 5 atom stereocenters. The van der Waals surface area contributed by atoms with Crippen molar-refractivity contribution < 1.29 is 70.2 Å². The number of carbonyl (C=O) groups is 2. The minimum absolute atomic E-state index is 0.0174. The Balaban J connectivity index is 1.50. The van der Waals surface area contributed by atoms with Crippen LogP contribution in [0, 0.1) is 11.8 Å². The van der Waals surface area contributed by atoms with Crippen LogP contribution >= 0.6 is 45.1 Å². The molecular weight excluding hydrogens is 911 g/mol. The number of hydrogen-bond donors (Lipinski definition) is 8. The number of nitrogen functional groups attached to an aromatic ring is 1. The summed E-state index contributed by atoms with van der Waals surface area (Å²) in [4.78, 5) is 85.7. The largest absolute Gasteiger partial charge is 0.490 e. The summed E-state index contributed by atoms with van der Waals surface area (Å²) in [6.07, 6.45) is -1.39. The van der Waals surface area contributed by atoms with Gasteiger partial charge >= 0.3 is 29.4 Å². The molecule has 1 fully saturated rings. The van der Waals surface area contributed by atoms with Crippen molar-refractivity contribution in [1.82, 2.24) is 25.2 Å². The number of nitrogens with one attached hydrogen (secondary N) is 3. The van der Waals surface area contributed by atoms with Gasteiger partial charge in [-0.3, -0.25) is 19.1 Å². The van der Waals surface area contributed by atoms with E-state index in [4.69, 9.17) is 39.8 Å². The zero-order chi connectivity index (χ0) is 44.6. The molecule has 25 nitrogen and oxygen atoms in total. The number of hydrogen-bond acceptors (Lipinski definition) is 18. The zero-order valence-corrected chi connectivity index (χ0v) is 36.4. The summed E-state index contributed by atoms with van der Waals surface area (Å²) < 4.78 is 66.6. The lowest BCUT2D eigenvalue weighted by atomic mass is 10.1. The van der Waals surface area contributed by atoms with Crippen LogP contribution in [0.5, 0.6) is 0 Å². The van der Waals surface area contributed by atoms with Crippen molar-refractivity contribution in [3.8, 4) is 11.8 Å². The van der Waals surface area contributed by atoms with Crippen molar-refractivity contribution in [3.63, 3.8) is 0 Å². The molecule has 30 heteroatoms. The number of benzene rings is 1. The molecule has 0 saturated carbocycles. The molecule has 0 radical (unpaired) electrons. The number of rotatable bonds is 24. The number of nitrogens with two attached hydrogens (primary N) is 1. The maximum Gasteiger partial charge on any atom is 0.490 e. The summed E-state index contributed by atoms with van der Waals surface area (Å²) in [5, 5.41) is 9.19. The first-order valence-corrected chi connectivity index (χ1v) is 24.8. The fourth-order valence-electron chi connectivity index (χ4n) is 5.46. The summed E-state index contributed by atoms with van der Waals surface area (Å²) in [6, 6.07) is 5.98. The lowest BCUT2D eigenvalue weighted by Crippen LogP contribution is -2.31. The Morgan fingerprint density at radius 2 is 1.93 bits per heavy atom. The van der Waals surface area contributed by atoms with E-state index in [0.717, 1.165) is 12.3 Å². The molecule has 1 amide bonds. The Morgan fingerprint density at radius 1 is 1.16 bits per heavy atom. The number of azide groups is 1. The van der Waals surface area contributed by atoms with Crippen molar-refractivity contribution >= 4 is 73.9 Å². The maximum atomic E-state index is 13.5. The molecule has 4 rings (SSSR count). The van der Waals surface area contributed by atoms with Gasteiger partial charge in [-0.15, -0.1) is 0 Å². The molecule has 334 valence electrons. The van der Waals surface area contributed by atoms with Crippen LogP contribution in [0.2, 0.25) is 0 Å². The number of aromatic amines is 1. The van der Waals surface area contributed by atoms with Crippen molar-refractivity contribution in [2.75, 3.05) is 50.8 Å². The van der Waals surface area contributed by atoms with Crippen LogP contribution in [0.15, 0.2) is 40.4 Å². The molecule has 9 N–H and O–H groups in total. The third kappa shape index (κ3) is 16.5. The second kappa shape index (κ2) is 23.6. The molecule has 3 heterocycles. The van der Waals surface area contributed by atoms with E-state index in [1.54, 1.807) is 27.7 Å². The number of ether oxygens (including phenoxy) is 3. The Kier molecular flexibility index (Phi) is 19.3. The zero-order valence-electron chi connectivity index (χ0n) is 32.1. The van der Waals surface area contributed by atoms with Gasteiger partial charge in [-0.2, -0.15) is 13.6 Å². The van der Waals surface area contributed by atoms with Gasteiger partial charge in [-0.05, 0) is 37.1 Å². The number of amides is 1. The third-order valence-electron chi connectivity index (χ3n) is 8.00. The predicted octanol–water partition coefficient (Wildman–Crippen LogP) is 3.19. The standard InChI is InChI=1S/C31H42N9O16P3S2/c1-34-12-14-60-61-19-51-13-5-4-10-25(41)35-11-6-8-21-17-40(28-27(21)29(42)38-31(32)37-28)26-15-23(54-30(43)22-9-3-2-7-20(22)16-36-39-33)24(53-26)18-52-58(47,48)56-59(49,50)55-57(44,45)46/h2-3,7,9,17,23-24,26,34H,4-5,10-16,18-19H2,1H3,(H,35,41)(H,47,48)(H,49,50)(H2,44,45,46)(H3,32,37,38,42)/t23?,24-,26-/m1/s1. The summed E-state index contributed by atoms with van der Waals surface area (Å²) in [7, 11) is -12.0.